The molecule has 1 nitrogen and oxygen atoms in total. The number of nitrogens with zero attached hydrogens (tertiary/aromatic N) is 1. The summed E-state index contributed by atoms with van der Waals surface area (Å²) in [5.41, 5.74) is 2.63. The number of hydrogen-bond donors (Lipinski definition) is 0. The maximum atomic E-state index is 3.50. The van der Waals surface area contributed by atoms with Crippen molar-refractivity contribution in [3.63, 3.8) is 0 Å². The van der Waals surface area contributed by atoms with Gasteiger partial charge in [-0.3, -0.25) is 0 Å². The Morgan fingerprint density at radius 1 is 1.18 bits per heavy atom. The molecule has 0 aliphatic heterocycles. The van der Waals surface area contributed by atoms with Gasteiger partial charge in [0.05, 0.1) is 0 Å². The molecule has 0 atom stereocenters. The molecule has 0 radical (unpaired) electrons. The minimum atomic E-state index is 0. The quantitative estimate of drug-likeness (QED) is 0.550. The Morgan fingerprint density at radius 2 is 1.76 bits per heavy atom. The van der Waals surface area contributed by atoms with E-state index in [1.165, 1.54) is 11.1 Å². The Kier molecular flexibility index (Phi) is 12.0. The van der Waals surface area contributed by atoms with Crippen LogP contribution in [-0.2, 0) is 6.54 Å². The summed E-state index contributed by atoms with van der Waals surface area (Å²) in [6.45, 7) is 12.1. The summed E-state index contributed by atoms with van der Waals surface area (Å²) in [4.78, 5) is 2.41. The average molecular weight is 309 g/mol. The Hall–Kier alpha value is 0.426. The van der Waals surface area contributed by atoms with Crippen molar-refractivity contribution in [2.75, 3.05) is 13.1 Å². The SMILES string of the molecule is CCN(CC)Cc1[c-]c(C(C)C)ccc1.[Br-].[Mg+2]. The molecule has 0 bridgehead atoms. The van der Waals surface area contributed by atoms with Crippen LogP contribution in [0, 0.1) is 6.07 Å². The van der Waals surface area contributed by atoms with E-state index in [0.29, 0.717) is 5.92 Å². The molecule has 1 rings (SSSR count). The first-order chi connectivity index (χ1) is 7.17. The first-order valence-electron chi connectivity index (χ1n) is 5.90. The maximum absolute atomic E-state index is 3.50. The molecule has 0 unspecified atom stereocenters. The zero-order chi connectivity index (χ0) is 11.3. The molecule has 0 amide bonds. The fourth-order valence-corrected chi connectivity index (χ4v) is 1.65. The molecular formula is C14H22BrMgN. The number of benzene rings is 1. The van der Waals surface area contributed by atoms with Gasteiger partial charge in [-0.25, -0.2) is 0 Å². The molecule has 0 fully saturated rings. The van der Waals surface area contributed by atoms with Gasteiger partial charge in [-0.2, -0.15) is 29.8 Å². The summed E-state index contributed by atoms with van der Waals surface area (Å²) in [5.74, 6) is 0.571. The van der Waals surface area contributed by atoms with Crippen LogP contribution in [0.2, 0.25) is 0 Å². The smallest absolute Gasteiger partial charge is 1.00 e. The van der Waals surface area contributed by atoms with E-state index in [4.69, 9.17) is 0 Å². The van der Waals surface area contributed by atoms with Crippen LogP contribution in [0.25, 0.3) is 0 Å². The average Bonchev–Trinajstić information content (AvgIpc) is 2.26. The van der Waals surface area contributed by atoms with Crippen LogP contribution in [0.4, 0.5) is 0 Å². The summed E-state index contributed by atoms with van der Waals surface area (Å²) in [6, 6.07) is 9.98. The minimum absolute atomic E-state index is 0. The van der Waals surface area contributed by atoms with Crippen LogP contribution in [0.15, 0.2) is 18.2 Å². The summed E-state index contributed by atoms with van der Waals surface area (Å²) < 4.78 is 0. The van der Waals surface area contributed by atoms with Gasteiger partial charge in [0, 0.05) is 6.54 Å². The zero-order valence-electron chi connectivity index (χ0n) is 11.5. The zero-order valence-corrected chi connectivity index (χ0v) is 14.5. The van der Waals surface area contributed by atoms with Crippen molar-refractivity contribution in [3.8, 4) is 0 Å². The second-order valence-electron chi connectivity index (χ2n) is 4.25. The first-order valence-corrected chi connectivity index (χ1v) is 5.90. The van der Waals surface area contributed by atoms with Crippen molar-refractivity contribution in [1.82, 2.24) is 4.90 Å². The minimum Gasteiger partial charge on any atom is -1.00 e. The van der Waals surface area contributed by atoms with Gasteiger partial charge < -0.3 is 21.9 Å². The fourth-order valence-electron chi connectivity index (χ4n) is 1.65. The van der Waals surface area contributed by atoms with E-state index >= 15 is 0 Å². The molecule has 0 aromatic heterocycles. The third-order valence-electron chi connectivity index (χ3n) is 2.79. The molecule has 0 heterocycles. The summed E-state index contributed by atoms with van der Waals surface area (Å²) in [7, 11) is 0. The monoisotopic (exact) mass is 307 g/mol. The standard InChI is InChI=1S/C14H22N.BrH.Mg/c1-5-15(6-2)11-13-8-7-9-14(10-13)12(3)4;;/h7-9,12H,5-6,11H2,1-4H3;1H;/q-1;;+2/p-1. The molecule has 0 spiro atoms. The fraction of sp³-hybridized carbons (Fsp3) is 0.571. The topological polar surface area (TPSA) is 3.24 Å². The summed E-state index contributed by atoms with van der Waals surface area (Å²) in [5, 5.41) is 0. The van der Waals surface area contributed by atoms with Crippen LogP contribution in [0.5, 0.6) is 0 Å². The van der Waals surface area contributed by atoms with Gasteiger partial charge in [0.15, 0.2) is 0 Å². The van der Waals surface area contributed by atoms with E-state index in [-0.39, 0.29) is 40.0 Å². The van der Waals surface area contributed by atoms with Gasteiger partial charge in [0.2, 0.25) is 0 Å². The van der Waals surface area contributed by atoms with Crippen LogP contribution < -0.4 is 17.0 Å². The van der Waals surface area contributed by atoms with Crippen LogP contribution in [0.1, 0.15) is 44.7 Å². The third kappa shape index (κ3) is 6.80. The summed E-state index contributed by atoms with van der Waals surface area (Å²) in [6.07, 6.45) is 0. The van der Waals surface area contributed by atoms with E-state index in [9.17, 15) is 0 Å². The molecule has 17 heavy (non-hydrogen) atoms. The van der Waals surface area contributed by atoms with Gasteiger partial charge in [-0.15, -0.1) is 5.56 Å². The van der Waals surface area contributed by atoms with Crippen LogP contribution >= 0.6 is 0 Å². The van der Waals surface area contributed by atoms with Gasteiger partial charge in [0.1, 0.15) is 0 Å². The molecule has 1 aromatic rings. The van der Waals surface area contributed by atoms with Crippen molar-refractivity contribution >= 4 is 23.1 Å². The molecule has 3 heteroatoms. The molecule has 0 aliphatic rings. The molecule has 0 saturated carbocycles. The van der Waals surface area contributed by atoms with Crippen molar-refractivity contribution in [2.45, 2.75) is 40.2 Å². The Morgan fingerprint density at radius 3 is 2.24 bits per heavy atom. The Balaban J connectivity index is 0. The molecule has 92 valence electrons. The van der Waals surface area contributed by atoms with Gasteiger partial charge in [-0.05, 0) is 19.0 Å². The molecule has 0 saturated heterocycles. The predicted molar refractivity (Wildman–Crippen MR) is 71.7 cm³/mol. The maximum Gasteiger partial charge on any atom is 2.00 e. The van der Waals surface area contributed by atoms with Gasteiger partial charge in [0.25, 0.3) is 0 Å². The molecule has 0 aliphatic carbocycles. The number of hydrogen-bond acceptors (Lipinski definition) is 1. The van der Waals surface area contributed by atoms with E-state index < -0.39 is 0 Å². The van der Waals surface area contributed by atoms with Crippen molar-refractivity contribution < 1.29 is 17.0 Å². The second-order valence-corrected chi connectivity index (χ2v) is 4.25. The predicted octanol–water partition coefficient (Wildman–Crippen LogP) is 0.0752. The van der Waals surface area contributed by atoms with E-state index in [1.54, 1.807) is 0 Å². The van der Waals surface area contributed by atoms with Crippen LogP contribution in [-0.4, -0.2) is 41.0 Å². The van der Waals surface area contributed by atoms with E-state index in [1.807, 2.05) is 0 Å². The first kappa shape index (κ1) is 19.8. The summed E-state index contributed by atoms with van der Waals surface area (Å²) >= 11 is 0. The van der Waals surface area contributed by atoms with E-state index in [2.05, 4.69) is 56.9 Å². The van der Waals surface area contributed by atoms with Crippen molar-refractivity contribution in [1.29, 1.82) is 0 Å². The molecule has 1 aromatic carbocycles. The largest absolute Gasteiger partial charge is 2.00 e. The van der Waals surface area contributed by atoms with Crippen molar-refractivity contribution in [2.24, 2.45) is 0 Å². The Labute approximate surface area is 133 Å². The molecular weight excluding hydrogens is 286 g/mol. The molecule has 0 N–H and O–H groups in total. The normalized spacial score (nSPS) is 10.0. The van der Waals surface area contributed by atoms with Gasteiger partial charge >= 0.3 is 23.1 Å². The van der Waals surface area contributed by atoms with Crippen molar-refractivity contribution in [3.05, 3.63) is 35.4 Å². The number of halogens is 1. The third-order valence-corrected chi connectivity index (χ3v) is 2.79. The van der Waals surface area contributed by atoms with Crippen LogP contribution in [0.3, 0.4) is 0 Å². The second kappa shape index (κ2) is 10.4. The van der Waals surface area contributed by atoms with E-state index in [0.717, 1.165) is 19.6 Å². The Bertz CT molecular complexity index is 298. The number of rotatable bonds is 5. The van der Waals surface area contributed by atoms with Gasteiger partial charge in [-0.1, -0.05) is 27.7 Å².